The number of carbonyl (C=O) groups excluding carboxylic acids is 2. The van der Waals surface area contributed by atoms with Crippen molar-refractivity contribution in [1.82, 2.24) is 0 Å². The molecular weight excluding hydrogens is 350 g/mol. The number of carbonyl (C=O) groups is 2. The van der Waals surface area contributed by atoms with Gasteiger partial charge in [-0.3, -0.25) is 9.59 Å². The highest BCUT2D eigenvalue weighted by atomic mass is 16.2. The average Bonchev–Trinajstić information content (AvgIpc) is 2.69. The smallest absolute Gasteiger partial charge is 0.255 e. The first-order valence-electron chi connectivity index (χ1n) is 9.09. The third-order valence-corrected chi connectivity index (χ3v) is 4.27. The van der Waals surface area contributed by atoms with Gasteiger partial charge in [-0.05, 0) is 61.4 Å². The van der Waals surface area contributed by atoms with E-state index in [2.05, 4.69) is 16.0 Å². The van der Waals surface area contributed by atoms with Gasteiger partial charge in [0.25, 0.3) is 5.91 Å². The largest absolute Gasteiger partial charge is 0.376 e. The molecule has 0 unspecified atom stereocenters. The molecule has 3 rings (SSSR count). The summed E-state index contributed by atoms with van der Waals surface area (Å²) in [6.45, 7) is 4.17. The molecule has 28 heavy (non-hydrogen) atoms. The van der Waals surface area contributed by atoms with Crippen molar-refractivity contribution in [3.05, 3.63) is 89.5 Å². The molecule has 3 N–H and O–H groups in total. The number of anilines is 3. The summed E-state index contributed by atoms with van der Waals surface area (Å²) < 4.78 is 0. The minimum Gasteiger partial charge on any atom is -0.376 e. The summed E-state index contributed by atoms with van der Waals surface area (Å²) in [5.74, 6) is -0.354. The molecule has 2 amide bonds. The molecule has 0 aromatic heterocycles. The second-order valence-electron chi connectivity index (χ2n) is 6.62. The molecule has 0 fully saturated rings. The summed E-state index contributed by atoms with van der Waals surface area (Å²) in [6, 6.07) is 22.2. The maximum atomic E-state index is 12.3. The first kappa shape index (κ1) is 19.2. The summed E-state index contributed by atoms with van der Waals surface area (Å²) in [5.41, 5.74) is 4.99. The minimum absolute atomic E-state index is 0.158. The van der Waals surface area contributed by atoms with Gasteiger partial charge in [0, 0.05) is 22.6 Å². The lowest BCUT2D eigenvalue weighted by molar-refractivity contribution is -0.114. The molecule has 3 aromatic rings. The van der Waals surface area contributed by atoms with Gasteiger partial charge < -0.3 is 16.0 Å². The van der Waals surface area contributed by atoms with Crippen LogP contribution >= 0.6 is 0 Å². The van der Waals surface area contributed by atoms with Gasteiger partial charge in [0.1, 0.15) is 0 Å². The Morgan fingerprint density at radius 1 is 0.786 bits per heavy atom. The van der Waals surface area contributed by atoms with Crippen LogP contribution in [0.5, 0.6) is 0 Å². The van der Waals surface area contributed by atoms with Crippen LogP contribution in [0.1, 0.15) is 21.5 Å². The van der Waals surface area contributed by atoms with Gasteiger partial charge in [0.2, 0.25) is 5.91 Å². The molecule has 0 aliphatic heterocycles. The van der Waals surface area contributed by atoms with Gasteiger partial charge in [0.05, 0.1) is 6.54 Å². The molecule has 0 radical (unpaired) electrons. The number of aryl methyl sites for hydroxylation is 2. The molecule has 0 saturated carbocycles. The van der Waals surface area contributed by atoms with E-state index in [-0.39, 0.29) is 18.4 Å². The predicted octanol–water partition coefficient (Wildman–Crippen LogP) is 4.61. The molecule has 0 saturated heterocycles. The zero-order chi connectivity index (χ0) is 19.9. The Bertz CT molecular complexity index is 984. The van der Waals surface area contributed by atoms with Crippen molar-refractivity contribution in [3.8, 4) is 0 Å². The van der Waals surface area contributed by atoms with Gasteiger partial charge in [0.15, 0.2) is 0 Å². The Balaban J connectivity index is 1.58. The van der Waals surface area contributed by atoms with E-state index in [0.717, 1.165) is 16.8 Å². The van der Waals surface area contributed by atoms with Crippen molar-refractivity contribution >= 4 is 28.9 Å². The van der Waals surface area contributed by atoms with Gasteiger partial charge in [-0.1, -0.05) is 36.4 Å². The molecule has 0 heterocycles. The highest BCUT2D eigenvalue weighted by Crippen LogP contribution is 2.18. The summed E-state index contributed by atoms with van der Waals surface area (Å²) in [5, 5.41) is 8.84. The molecule has 5 heteroatoms. The fraction of sp³-hybridized carbons (Fsp3) is 0.130. The number of nitrogens with one attached hydrogen (secondary N) is 3. The number of amides is 2. The Morgan fingerprint density at radius 3 is 2.25 bits per heavy atom. The normalized spacial score (nSPS) is 10.2. The van der Waals surface area contributed by atoms with Crippen LogP contribution in [-0.4, -0.2) is 18.4 Å². The highest BCUT2D eigenvalue weighted by Gasteiger charge is 2.07. The summed E-state index contributed by atoms with van der Waals surface area (Å²) in [6.07, 6.45) is 0. The van der Waals surface area contributed by atoms with Crippen molar-refractivity contribution in [2.24, 2.45) is 0 Å². The van der Waals surface area contributed by atoms with Crippen molar-refractivity contribution in [2.45, 2.75) is 13.8 Å². The van der Waals surface area contributed by atoms with Crippen LogP contribution in [0.3, 0.4) is 0 Å². The molecule has 0 aliphatic rings. The summed E-state index contributed by atoms with van der Waals surface area (Å²) in [7, 11) is 0. The second kappa shape index (κ2) is 8.86. The van der Waals surface area contributed by atoms with Gasteiger partial charge >= 0.3 is 0 Å². The Kier molecular flexibility index (Phi) is 6.07. The maximum Gasteiger partial charge on any atom is 0.255 e. The average molecular weight is 373 g/mol. The summed E-state index contributed by atoms with van der Waals surface area (Å²) >= 11 is 0. The number of benzene rings is 3. The summed E-state index contributed by atoms with van der Waals surface area (Å²) in [4.78, 5) is 24.5. The van der Waals surface area contributed by atoms with E-state index in [4.69, 9.17) is 0 Å². The molecule has 0 bridgehead atoms. The second-order valence-corrected chi connectivity index (χ2v) is 6.62. The Morgan fingerprint density at radius 2 is 1.50 bits per heavy atom. The highest BCUT2D eigenvalue weighted by molar-refractivity contribution is 6.04. The van der Waals surface area contributed by atoms with E-state index < -0.39 is 0 Å². The SMILES string of the molecule is Cc1ccc(C)c(NCC(=O)Nc2cccc(NC(=O)c3ccccc3)c2)c1. The number of rotatable bonds is 6. The fourth-order valence-electron chi connectivity index (χ4n) is 2.77. The third-order valence-electron chi connectivity index (χ3n) is 4.27. The van der Waals surface area contributed by atoms with Crippen molar-refractivity contribution in [2.75, 3.05) is 22.5 Å². The van der Waals surface area contributed by atoms with Crippen LogP contribution in [-0.2, 0) is 4.79 Å². The predicted molar refractivity (Wildman–Crippen MR) is 114 cm³/mol. The fourth-order valence-corrected chi connectivity index (χ4v) is 2.77. The lowest BCUT2D eigenvalue weighted by Crippen LogP contribution is -2.22. The van der Waals surface area contributed by atoms with E-state index in [1.807, 2.05) is 50.2 Å². The molecule has 3 aromatic carbocycles. The van der Waals surface area contributed by atoms with Gasteiger partial charge in [-0.2, -0.15) is 0 Å². The molecule has 0 atom stereocenters. The Hall–Kier alpha value is -3.60. The molecular formula is C23H23N3O2. The van der Waals surface area contributed by atoms with Crippen LogP contribution in [0, 0.1) is 13.8 Å². The van der Waals surface area contributed by atoms with Crippen LogP contribution in [0.25, 0.3) is 0 Å². The van der Waals surface area contributed by atoms with E-state index in [1.54, 1.807) is 36.4 Å². The molecule has 0 spiro atoms. The molecule has 142 valence electrons. The van der Waals surface area contributed by atoms with E-state index in [9.17, 15) is 9.59 Å². The van der Waals surface area contributed by atoms with E-state index in [1.165, 1.54) is 0 Å². The zero-order valence-electron chi connectivity index (χ0n) is 16.0. The topological polar surface area (TPSA) is 70.2 Å². The van der Waals surface area contributed by atoms with Crippen LogP contribution in [0.15, 0.2) is 72.8 Å². The number of hydrogen-bond acceptors (Lipinski definition) is 3. The standard InChI is InChI=1S/C23H23N3O2/c1-16-11-12-17(2)21(13-16)24-15-22(27)25-19-9-6-10-20(14-19)26-23(28)18-7-4-3-5-8-18/h3-14,24H,15H2,1-2H3,(H,25,27)(H,26,28). The van der Waals surface area contributed by atoms with Gasteiger partial charge in [-0.15, -0.1) is 0 Å². The Labute approximate surface area is 164 Å². The van der Waals surface area contributed by atoms with Crippen LogP contribution in [0.2, 0.25) is 0 Å². The van der Waals surface area contributed by atoms with E-state index in [0.29, 0.717) is 16.9 Å². The lowest BCUT2D eigenvalue weighted by Gasteiger charge is -2.12. The van der Waals surface area contributed by atoms with Crippen molar-refractivity contribution < 1.29 is 9.59 Å². The lowest BCUT2D eigenvalue weighted by atomic mass is 10.1. The zero-order valence-corrected chi connectivity index (χ0v) is 16.0. The third kappa shape index (κ3) is 5.20. The minimum atomic E-state index is -0.194. The maximum absolute atomic E-state index is 12.3. The number of hydrogen-bond donors (Lipinski definition) is 3. The monoisotopic (exact) mass is 373 g/mol. The van der Waals surface area contributed by atoms with Gasteiger partial charge in [-0.25, -0.2) is 0 Å². The molecule has 5 nitrogen and oxygen atoms in total. The van der Waals surface area contributed by atoms with Crippen molar-refractivity contribution in [3.63, 3.8) is 0 Å². The molecule has 0 aliphatic carbocycles. The first-order chi connectivity index (χ1) is 13.5. The van der Waals surface area contributed by atoms with E-state index >= 15 is 0 Å². The van der Waals surface area contributed by atoms with Crippen LogP contribution in [0.4, 0.5) is 17.1 Å². The van der Waals surface area contributed by atoms with Crippen LogP contribution < -0.4 is 16.0 Å². The first-order valence-corrected chi connectivity index (χ1v) is 9.09. The van der Waals surface area contributed by atoms with Crippen molar-refractivity contribution in [1.29, 1.82) is 0 Å². The quantitative estimate of drug-likeness (QED) is 0.591.